The van der Waals surface area contributed by atoms with E-state index in [0.717, 1.165) is 11.9 Å². The van der Waals surface area contributed by atoms with Crippen LogP contribution in [0.3, 0.4) is 0 Å². The number of piperazine rings is 1. The minimum absolute atomic E-state index is 0.122. The molecule has 1 amide bonds. The molecule has 0 atom stereocenters. The Balaban J connectivity index is 1.68. The quantitative estimate of drug-likeness (QED) is 0.842. The minimum Gasteiger partial charge on any atom is -0.363 e. The van der Waals surface area contributed by atoms with Gasteiger partial charge < -0.3 is 14.7 Å². The molecule has 1 aliphatic rings. The summed E-state index contributed by atoms with van der Waals surface area (Å²) in [4.78, 5) is 26.3. The third-order valence-electron chi connectivity index (χ3n) is 4.06. The number of anilines is 2. The Hall–Kier alpha value is -2.77. The first kappa shape index (κ1) is 17.1. The number of amides is 1. The molecule has 2 heterocycles. The van der Waals surface area contributed by atoms with E-state index in [0.29, 0.717) is 24.6 Å². The number of aromatic nitrogens is 2. The van der Waals surface area contributed by atoms with E-state index in [1.54, 1.807) is 22.1 Å². The van der Waals surface area contributed by atoms with E-state index in [1.165, 1.54) is 12.1 Å². The van der Waals surface area contributed by atoms with Crippen molar-refractivity contribution in [2.75, 3.05) is 43.5 Å². The Labute approximate surface area is 144 Å². The second-order valence-corrected chi connectivity index (χ2v) is 6.08. The molecular formula is C17H19F2N5O. The Morgan fingerprint density at radius 3 is 2.68 bits per heavy atom. The molecule has 25 heavy (non-hydrogen) atoms. The molecule has 1 saturated heterocycles. The summed E-state index contributed by atoms with van der Waals surface area (Å²) in [6.45, 7) is 1.22. The lowest BCUT2D eigenvalue weighted by Crippen LogP contribution is -2.50. The summed E-state index contributed by atoms with van der Waals surface area (Å²) in [5.41, 5.74) is 0.300. The lowest BCUT2D eigenvalue weighted by molar-refractivity contribution is -0.131. The molecule has 0 saturated carbocycles. The van der Waals surface area contributed by atoms with Crippen LogP contribution in [0, 0.1) is 11.6 Å². The molecule has 0 unspecified atom stereocenters. The number of carbonyl (C=O) groups excluding carboxylic acids is 1. The van der Waals surface area contributed by atoms with Crippen LogP contribution < -0.4 is 9.80 Å². The van der Waals surface area contributed by atoms with E-state index in [4.69, 9.17) is 0 Å². The van der Waals surface area contributed by atoms with Gasteiger partial charge >= 0.3 is 0 Å². The maximum Gasteiger partial charge on any atom is 0.242 e. The van der Waals surface area contributed by atoms with Crippen LogP contribution in [0.4, 0.5) is 20.5 Å². The first-order chi connectivity index (χ1) is 11.9. The normalized spacial score (nSPS) is 14.8. The Morgan fingerprint density at radius 2 is 2.00 bits per heavy atom. The fourth-order valence-electron chi connectivity index (χ4n) is 2.64. The molecule has 0 aliphatic carbocycles. The number of halogens is 2. The van der Waals surface area contributed by atoms with Crippen molar-refractivity contribution in [3.63, 3.8) is 0 Å². The molecule has 0 spiro atoms. The van der Waals surface area contributed by atoms with E-state index < -0.39 is 11.6 Å². The molecule has 0 bridgehead atoms. The summed E-state index contributed by atoms with van der Waals surface area (Å²) in [6.07, 6.45) is 1.66. The molecule has 8 heteroatoms. The van der Waals surface area contributed by atoms with Gasteiger partial charge in [-0.2, -0.15) is 4.98 Å². The number of hydrogen-bond acceptors (Lipinski definition) is 5. The molecule has 0 radical (unpaired) electrons. The highest BCUT2D eigenvalue weighted by Gasteiger charge is 2.26. The zero-order valence-electron chi connectivity index (χ0n) is 14.1. The van der Waals surface area contributed by atoms with Crippen molar-refractivity contribution in [3.05, 3.63) is 47.7 Å². The lowest BCUT2D eigenvalue weighted by Gasteiger charge is -2.34. The van der Waals surface area contributed by atoms with Gasteiger partial charge in [0.25, 0.3) is 0 Å². The van der Waals surface area contributed by atoms with Gasteiger partial charge in [-0.15, -0.1) is 0 Å². The average Bonchev–Trinajstić information content (AvgIpc) is 2.59. The smallest absolute Gasteiger partial charge is 0.242 e. The molecule has 0 N–H and O–H groups in total. The second kappa shape index (κ2) is 7.00. The van der Waals surface area contributed by atoms with Crippen LogP contribution in [0.1, 0.15) is 5.56 Å². The minimum atomic E-state index is -0.641. The summed E-state index contributed by atoms with van der Waals surface area (Å²) in [7, 11) is 3.76. The van der Waals surface area contributed by atoms with Crippen molar-refractivity contribution < 1.29 is 13.6 Å². The lowest BCUT2D eigenvalue weighted by atomic mass is 10.1. The van der Waals surface area contributed by atoms with E-state index in [2.05, 4.69) is 9.97 Å². The van der Waals surface area contributed by atoms with Crippen LogP contribution in [0.2, 0.25) is 0 Å². The third kappa shape index (κ3) is 3.84. The van der Waals surface area contributed by atoms with Crippen molar-refractivity contribution in [2.45, 2.75) is 6.54 Å². The fraction of sp³-hybridized carbons (Fsp3) is 0.353. The third-order valence-corrected chi connectivity index (χ3v) is 4.06. The summed E-state index contributed by atoms with van der Waals surface area (Å²) in [6, 6.07) is 5.18. The molecule has 1 aliphatic heterocycles. The van der Waals surface area contributed by atoms with Crippen molar-refractivity contribution in [2.24, 2.45) is 0 Å². The number of rotatable bonds is 4. The van der Waals surface area contributed by atoms with Crippen molar-refractivity contribution >= 4 is 17.7 Å². The summed E-state index contributed by atoms with van der Waals surface area (Å²) < 4.78 is 26.8. The van der Waals surface area contributed by atoms with E-state index in [1.807, 2.05) is 19.0 Å². The molecule has 2 aromatic rings. The Morgan fingerprint density at radius 1 is 1.20 bits per heavy atom. The van der Waals surface area contributed by atoms with Crippen LogP contribution in [0.5, 0.6) is 0 Å². The van der Waals surface area contributed by atoms with Gasteiger partial charge in [0, 0.05) is 51.6 Å². The van der Waals surface area contributed by atoms with Gasteiger partial charge in [-0.05, 0) is 12.1 Å². The van der Waals surface area contributed by atoms with Crippen molar-refractivity contribution in [1.82, 2.24) is 14.9 Å². The summed E-state index contributed by atoms with van der Waals surface area (Å²) in [5.74, 6) is -0.165. The fourth-order valence-corrected chi connectivity index (χ4v) is 2.64. The highest BCUT2D eigenvalue weighted by Crippen LogP contribution is 2.18. The van der Waals surface area contributed by atoms with E-state index in [-0.39, 0.29) is 19.0 Å². The average molecular weight is 347 g/mol. The molecule has 1 aromatic heterocycles. The summed E-state index contributed by atoms with van der Waals surface area (Å²) >= 11 is 0. The van der Waals surface area contributed by atoms with E-state index in [9.17, 15) is 13.6 Å². The van der Waals surface area contributed by atoms with E-state index >= 15 is 0 Å². The standard InChI is InChI=1S/C17H19F2N5O/c1-22(2)15-5-6-20-17(21-15)24-8-7-23(16(25)11-24)10-12-3-4-13(18)9-14(12)19/h3-6,9H,7-8,10-11H2,1-2H3. The largest absolute Gasteiger partial charge is 0.363 e. The zero-order chi connectivity index (χ0) is 18.0. The molecule has 1 aromatic carbocycles. The van der Waals surface area contributed by atoms with Gasteiger partial charge in [-0.25, -0.2) is 13.8 Å². The highest BCUT2D eigenvalue weighted by atomic mass is 19.1. The van der Waals surface area contributed by atoms with Gasteiger partial charge in [0.2, 0.25) is 11.9 Å². The predicted octanol–water partition coefficient (Wildman–Crippen LogP) is 1.67. The number of benzene rings is 1. The second-order valence-electron chi connectivity index (χ2n) is 6.08. The zero-order valence-corrected chi connectivity index (χ0v) is 14.1. The molecule has 132 valence electrons. The van der Waals surface area contributed by atoms with Crippen LogP contribution in [0.25, 0.3) is 0 Å². The maximum absolute atomic E-state index is 13.8. The first-order valence-electron chi connectivity index (χ1n) is 7.91. The monoisotopic (exact) mass is 347 g/mol. The number of nitrogens with zero attached hydrogens (tertiary/aromatic N) is 5. The van der Waals surface area contributed by atoms with Crippen molar-refractivity contribution in [3.8, 4) is 0 Å². The van der Waals surface area contributed by atoms with Gasteiger partial charge in [-0.3, -0.25) is 4.79 Å². The maximum atomic E-state index is 13.8. The van der Waals surface area contributed by atoms with Gasteiger partial charge in [0.1, 0.15) is 24.0 Å². The Bertz CT molecular complexity index is 783. The predicted molar refractivity (Wildman–Crippen MR) is 90.3 cm³/mol. The van der Waals surface area contributed by atoms with Crippen LogP contribution >= 0.6 is 0 Å². The SMILES string of the molecule is CN(C)c1ccnc(N2CCN(Cc3ccc(F)cc3F)C(=O)C2)n1. The van der Waals surface area contributed by atoms with Crippen molar-refractivity contribution in [1.29, 1.82) is 0 Å². The van der Waals surface area contributed by atoms with Crippen LogP contribution in [-0.2, 0) is 11.3 Å². The summed E-state index contributed by atoms with van der Waals surface area (Å²) in [5, 5.41) is 0. The molecule has 1 fully saturated rings. The van der Waals surface area contributed by atoms with Gasteiger partial charge in [-0.1, -0.05) is 6.07 Å². The first-order valence-corrected chi connectivity index (χ1v) is 7.91. The number of hydrogen-bond donors (Lipinski definition) is 0. The van der Waals surface area contributed by atoms with Crippen LogP contribution in [0.15, 0.2) is 30.5 Å². The topological polar surface area (TPSA) is 52.6 Å². The van der Waals surface area contributed by atoms with Crippen LogP contribution in [-0.4, -0.2) is 54.5 Å². The van der Waals surface area contributed by atoms with Gasteiger partial charge in [0.15, 0.2) is 0 Å². The molecule has 6 nitrogen and oxygen atoms in total. The molecule has 3 rings (SSSR count). The highest BCUT2D eigenvalue weighted by molar-refractivity contribution is 5.82. The molecular weight excluding hydrogens is 328 g/mol. The van der Waals surface area contributed by atoms with Gasteiger partial charge in [0.05, 0.1) is 0 Å². The number of carbonyl (C=O) groups is 1. The Kier molecular flexibility index (Phi) is 4.78.